The van der Waals surface area contributed by atoms with Gasteiger partial charge in [0.25, 0.3) is 0 Å². The van der Waals surface area contributed by atoms with Crippen molar-refractivity contribution in [1.82, 2.24) is 0 Å². The van der Waals surface area contributed by atoms with Gasteiger partial charge in [-0.3, -0.25) is 0 Å². The van der Waals surface area contributed by atoms with Gasteiger partial charge in [0.05, 0.1) is 0 Å². The van der Waals surface area contributed by atoms with Gasteiger partial charge < -0.3 is 9.52 Å². The van der Waals surface area contributed by atoms with E-state index >= 15 is 0 Å². The van der Waals surface area contributed by atoms with Gasteiger partial charge in [-0.1, -0.05) is 25.0 Å². The minimum Gasteiger partial charge on any atom is -0.458 e. The van der Waals surface area contributed by atoms with E-state index in [4.69, 9.17) is 4.42 Å². The summed E-state index contributed by atoms with van der Waals surface area (Å²) in [7, 11) is 0. The third-order valence-corrected chi connectivity index (χ3v) is 4.47. The molecular weight excluding hydrogens is 236 g/mol. The predicted molar refractivity (Wildman–Crippen MR) is 77.1 cm³/mol. The lowest BCUT2D eigenvalue weighted by molar-refractivity contribution is 0.000350. The first-order chi connectivity index (χ1) is 9.07. The highest BCUT2D eigenvalue weighted by molar-refractivity contribution is 5.78. The Hall–Kier alpha value is -1.28. The van der Waals surface area contributed by atoms with Crippen LogP contribution in [0.25, 0.3) is 11.0 Å². The van der Waals surface area contributed by atoms with Crippen LogP contribution in [-0.4, -0.2) is 5.11 Å². The smallest absolute Gasteiger partial charge is 0.136 e. The summed E-state index contributed by atoms with van der Waals surface area (Å²) >= 11 is 0. The molecule has 0 saturated heterocycles. The molecule has 102 valence electrons. The Morgan fingerprint density at radius 3 is 2.89 bits per heavy atom. The monoisotopic (exact) mass is 258 g/mol. The van der Waals surface area contributed by atoms with Crippen molar-refractivity contribution >= 4 is 11.0 Å². The Labute approximate surface area is 114 Å². The predicted octanol–water partition coefficient (Wildman–Crippen LogP) is 4.53. The van der Waals surface area contributed by atoms with Crippen LogP contribution in [0.5, 0.6) is 0 Å². The Bertz CT molecular complexity index is 584. The number of rotatable bonds is 1. The first kappa shape index (κ1) is 12.7. The van der Waals surface area contributed by atoms with Crippen LogP contribution in [-0.2, 0) is 5.60 Å². The van der Waals surface area contributed by atoms with Gasteiger partial charge in [0.15, 0.2) is 0 Å². The van der Waals surface area contributed by atoms with E-state index in [1.807, 2.05) is 12.1 Å². The molecule has 2 unspecified atom stereocenters. The molecule has 0 spiro atoms. The highest BCUT2D eigenvalue weighted by Gasteiger charge is 2.34. The number of hydrogen-bond donors (Lipinski definition) is 1. The van der Waals surface area contributed by atoms with Crippen molar-refractivity contribution in [2.45, 2.75) is 51.6 Å². The number of furan rings is 1. The third-order valence-electron chi connectivity index (χ3n) is 4.47. The van der Waals surface area contributed by atoms with Crippen molar-refractivity contribution in [2.75, 3.05) is 0 Å². The van der Waals surface area contributed by atoms with E-state index in [1.165, 1.54) is 12.0 Å². The fourth-order valence-corrected chi connectivity index (χ4v) is 3.14. The van der Waals surface area contributed by atoms with Crippen LogP contribution in [0, 0.1) is 12.8 Å². The Morgan fingerprint density at radius 2 is 2.05 bits per heavy atom. The molecule has 1 fully saturated rings. The van der Waals surface area contributed by atoms with E-state index in [0.717, 1.165) is 42.4 Å². The summed E-state index contributed by atoms with van der Waals surface area (Å²) in [4.78, 5) is 0. The first-order valence-corrected chi connectivity index (χ1v) is 7.30. The SMILES string of the molecule is Cc1ccc2oc(C3(O)CCCC(C)CC3)cc2c1. The molecule has 1 aromatic heterocycles. The molecule has 0 radical (unpaired) electrons. The van der Waals surface area contributed by atoms with Crippen LogP contribution in [0.4, 0.5) is 0 Å². The number of fused-ring (bicyclic) bond motifs is 1. The summed E-state index contributed by atoms with van der Waals surface area (Å²) in [5, 5.41) is 12.0. The van der Waals surface area contributed by atoms with Gasteiger partial charge >= 0.3 is 0 Å². The first-order valence-electron chi connectivity index (χ1n) is 7.30. The van der Waals surface area contributed by atoms with Crippen molar-refractivity contribution in [3.8, 4) is 0 Å². The summed E-state index contributed by atoms with van der Waals surface area (Å²) in [5.41, 5.74) is 1.34. The fraction of sp³-hybridized carbons (Fsp3) is 0.529. The average Bonchev–Trinajstić information content (AvgIpc) is 2.72. The van der Waals surface area contributed by atoms with E-state index in [-0.39, 0.29) is 0 Å². The van der Waals surface area contributed by atoms with Crippen LogP contribution in [0.3, 0.4) is 0 Å². The molecule has 3 rings (SSSR count). The molecule has 1 aliphatic rings. The van der Waals surface area contributed by atoms with Crippen LogP contribution >= 0.6 is 0 Å². The van der Waals surface area contributed by atoms with E-state index < -0.39 is 5.60 Å². The zero-order valence-electron chi connectivity index (χ0n) is 11.8. The standard InChI is InChI=1S/C17H22O2/c1-12-4-3-8-17(18,9-7-12)16-11-14-10-13(2)5-6-15(14)19-16/h5-6,10-12,18H,3-4,7-9H2,1-2H3. The quantitative estimate of drug-likeness (QED) is 0.762. The number of aryl methyl sites for hydroxylation is 1. The molecule has 0 amide bonds. The van der Waals surface area contributed by atoms with Gasteiger partial charge in [-0.25, -0.2) is 0 Å². The Morgan fingerprint density at radius 1 is 1.21 bits per heavy atom. The van der Waals surface area contributed by atoms with E-state index in [1.54, 1.807) is 0 Å². The van der Waals surface area contributed by atoms with E-state index in [0.29, 0.717) is 5.92 Å². The molecular formula is C17H22O2. The summed E-state index contributed by atoms with van der Waals surface area (Å²) in [6.45, 7) is 4.35. The van der Waals surface area contributed by atoms with Gasteiger partial charge in [-0.2, -0.15) is 0 Å². The molecule has 2 heteroatoms. The second-order valence-electron chi connectivity index (χ2n) is 6.22. The maximum atomic E-state index is 10.9. The topological polar surface area (TPSA) is 33.4 Å². The molecule has 19 heavy (non-hydrogen) atoms. The second kappa shape index (κ2) is 4.68. The average molecular weight is 258 g/mol. The molecule has 1 aliphatic carbocycles. The lowest BCUT2D eigenvalue weighted by Gasteiger charge is -2.23. The summed E-state index contributed by atoms with van der Waals surface area (Å²) < 4.78 is 5.91. The van der Waals surface area contributed by atoms with Gasteiger partial charge in [0.2, 0.25) is 0 Å². The number of aliphatic hydroxyl groups is 1. The minimum absolute atomic E-state index is 0.709. The van der Waals surface area contributed by atoms with Crippen LogP contribution in [0.15, 0.2) is 28.7 Å². The number of hydrogen-bond acceptors (Lipinski definition) is 2. The summed E-state index contributed by atoms with van der Waals surface area (Å²) in [6, 6.07) is 8.19. The van der Waals surface area contributed by atoms with Crippen molar-refractivity contribution in [3.05, 3.63) is 35.6 Å². The third kappa shape index (κ3) is 2.42. The van der Waals surface area contributed by atoms with Gasteiger partial charge in [0, 0.05) is 5.39 Å². The second-order valence-corrected chi connectivity index (χ2v) is 6.22. The Kier molecular flexibility index (Phi) is 3.14. The molecule has 2 nitrogen and oxygen atoms in total. The highest BCUT2D eigenvalue weighted by Crippen LogP contribution is 2.39. The Balaban J connectivity index is 1.98. The van der Waals surface area contributed by atoms with E-state index in [2.05, 4.69) is 26.0 Å². The van der Waals surface area contributed by atoms with Gasteiger partial charge in [0.1, 0.15) is 16.9 Å². The molecule has 1 heterocycles. The molecule has 0 bridgehead atoms. The molecule has 2 aromatic rings. The lowest BCUT2D eigenvalue weighted by Crippen LogP contribution is -2.24. The highest BCUT2D eigenvalue weighted by atomic mass is 16.4. The van der Waals surface area contributed by atoms with Crippen molar-refractivity contribution in [3.63, 3.8) is 0 Å². The summed E-state index contributed by atoms with van der Waals surface area (Å²) in [5.74, 6) is 1.46. The van der Waals surface area contributed by atoms with Crippen molar-refractivity contribution in [2.24, 2.45) is 5.92 Å². The molecule has 1 saturated carbocycles. The molecule has 1 N–H and O–H groups in total. The van der Waals surface area contributed by atoms with Gasteiger partial charge in [-0.05, 0) is 56.7 Å². The van der Waals surface area contributed by atoms with Crippen LogP contribution < -0.4 is 0 Å². The summed E-state index contributed by atoms with van der Waals surface area (Å²) in [6.07, 6.45) is 4.99. The normalized spacial score (nSPS) is 28.5. The van der Waals surface area contributed by atoms with E-state index in [9.17, 15) is 5.11 Å². The maximum Gasteiger partial charge on any atom is 0.136 e. The maximum absolute atomic E-state index is 10.9. The molecule has 1 aromatic carbocycles. The lowest BCUT2D eigenvalue weighted by atomic mass is 9.91. The van der Waals surface area contributed by atoms with Crippen LogP contribution in [0.2, 0.25) is 0 Å². The van der Waals surface area contributed by atoms with Gasteiger partial charge in [-0.15, -0.1) is 0 Å². The molecule has 2 atom stereocenters. The minimum atomic E-state index is -0.766. The number of benzene rings is 1. The zero-order valence-corrected chi connectivity index (χ0v) is 11.8. The van der Waals surface area contributed by atoms with Crippen molar-refractivity contribution in [1.29, 1.82) is 0 Å². The van der Waals surface area contributed by atoms with Crippen LogP contribution in [0.1, 0.15) is 50.4 Å². The molecule has 0 aliphatic heterocycles. The zero-order chi connectivity index (χ0) is 13.5. The van der Waals surface area contributed by atoms with Crippen molar-refractivity contribution < 1.29 is 9.52 Å². The fourth-order valence-electron chi connectivity index (χ4n) is 3.14. The largest absolute Gasteiger partial charge is 0.458 e.